The summed E-state index contributed by atoms with van der Waals surface area (Å²) in [5, 5.41) is 4.09. The zero-order chi connectivity index (χ0) is 14.7. The number of carbonyl (C=O) groups is 1. The van der Waals surface area contributed by atoms with Crippen LogP contribution in [0.5, 0.6) is 0 Å². The smallest absolute Gasteiger partial charge is 0.361 e. The molecule has 0 fully saturated rings. The van der Waals surface area contributed by atoms with Gasteiger partial charge in [-0.05, 0) is 37.1 Å². The topological polar surface area (TPSA) is 70.1 Å². The highest BCUT2D eigenvalue weighted by Crippen LogP contribution is 2.15. The van der Waals surface area contributed by atoms with Crippen LogP contribution in [0.1, 0.15) is 28.5 Å². The summed E-state index contributed by atoms with van der Waals surface area (Å²) >= 11 is 0. The van der Waals surface area contributed by atoms with Crippen LogP contribution in [0.4, 0.5) is 10.1 Å². The second-order valence-electron chi connectivity index (χ2n) is 4.42. The second kappa shape index (κ2) is 5.73. The first-order valence-corrected chi connectivity index (χ1v) is 6.26. The van der Waals surface area contributed by atoms with Gasteiger partial charge in [0.15, 0.2) is 5.69 Å². The number of nitrogens with zero attached hydrogens (tertiary/aromatic N) is 2. The fourth-order valence-electron chi connectivity index (χ4n) is 1.86. The molecule has 0 unspecified atom stereocenters. The Labute approximate surface area is 116 Å². The fourth-order valence-corrected chi connectivity index (χ4v) is 1.86. The molecular formula is C14H16FN3O2. The maximum absolute atomic E-state index is 13.2. The summed E-state index contributed by atoms with van der Waals surface area (Å²) < 4.78 is 19.6. The molecule has 0 saturated carbocycles. The molecule has 0 aliphatic rings. The molecule has 0 aliphatic carbocycles. The van der Waals surface area contributed by atoms with Gasteiger partial charge in [-0.1, -0.05) is 6.07 Å². The summed E-state index contributed by atoms with van der Waals surface area (Å²) in [5.41, 5.74) is 7.79. The largest absolute Gasteiger partial charge is 0.461 e. The lowest BCUT2D eigenvalue weighted by Gasteiger charge is -2.06. The monoisotopic (exact) mass is 277 g/mol. The third-order valence-corrected chi connectivity index (χ3v) is 2.90. The zero-order valence-electron chi connectivity index (χ0n) is 11.4. The van der Waals surface area contributed by atoms with Crippen LogP contribution in [0, 0.1) is 12.7 Å². The number of aryl methyl sites for hydroxylation is 1. The number of esters is 1. The molecular weight excluding hydrogens is 261 g/mol. The first kappa shape index (κ1) is 14.0. The molecule has 0 bridgehead atoms. The number of nitrogen functional groups attached to an aromatic ring is 1. The van der Waals surface area contributed by atoms with Crippen molar-refractivity contribution in [2.75, 3.05) is 12.3 Å². The highest BCUT2D eigenvalue weighted by Gasteiger charge is 2.16. The van der Waals surface area contributed by atoms with E-state index >= 15 is 0 Å². The van der Waals surface area contributed by atoms with Crippen LogP contribution >= 0.6 is 0 Å². The molecule has 0 saturated heterocycles. The van der Waals surface area contributed by atoms with E-state index in [-0.39, 0.29) is 23.8 Å². The lowest BCUT2D eigenvalue weighted by atomic mass is 10.1. The number of nitrogens with two attached hydrogens (primary N) is 1. The maximum Gasteiger partial charge on any atom is 0.361 e. The first-order chi connectivity index (χ1) is 9.51. The van der Waals surface area contributed by atoms with Gasteiger partial charge in [0.05, 0.1) is 18.8 Å². The Balaban J connectivity index is 2.24. The number of carbonyl (C=O) groups excluding carboxylic acids is 1. The van der Waals surface area contributed by atoms with Crippen molar-refractivity contribution in [2.45, 2.75) is 20.4 Å². The number of aromatic nitrogens is 2. The molecule has 0 spiro atoms. The maximum atomic E-state index is 13.2. The third-order valence-electron chi connectivity index (χ3n) is 2.90. The van der Waals surface area contributed by atoms with E-state index in [1.807, 2.05) is 6.92 Å². The molecule has 0 aliphatic heterocycles. The number of ether oxygens (including phenoxy) is 1. The van der Waals surface area contributed by atoms with Gasteiger partial charge >= 0.3 is 5.97 Å². The molecule has 1 aromatic carbocycles. The van der Waals surface area contributed by atoms with Crippen LogP contribution in [0.2, 0.25) is 0 Å². The van der Waals surface area contributed by atoms with E-state index in [2.05, 4.69) is 5.10 Å². The molecule has 0 amide bonds. The molecule has 0 atom stereocenters. The molecule has 106 valence electrons. The minimum absolute atomic E-state index is 0.0842. The van der Waals surface area contributed by atoms with Crippen molar-refractivity contribution in [3.8, 4) is 0 Å². The fraction of sp³-hybridized carbons (Fsp3) is 0.286. The van der Waals surface area contributed by atoms with Crippen LogP contribution in [0.3, 0.4) is 0 Å². The number of hydrogen-bond donors (Lipinski definition) is 1. The summed E-state index contributed by atoms with van der Waals surface area (Å²) in [6, 6.07) is 4.54. The highest BCUT2D eigenvalue weighted by molar-refractivity contribution is 5.92. The van der Waals surface area contributed by atoms with Gasteiger partial charge in [-0.15, -0.1) is 0 Å². The Kier molecular flexibility index (Phi) is 4.02. The molecule has 0 radical (unpaired) electrons. The van der Waals surface area contributed by atoms with Crippen molar-refractivity contribution in [1.29, 1.82) is 0 Å². The van der Waals surface area contributed by atoms with Gasteiger partial charge in [0.25, 0.3) is 0 Å². The van der Waals surface area contributed by atoms with Crippen molar-refractivity contribution in [3.05, 3.63) is 47.0 Å². The molecule has 2 aromatic rings. The summed E-state index contributed by atoms with van der Waals surface area (Å²) in [6.45, 7) is 4.19. The van der Waals surface area contributed by atoms with E-state index < -0.39 is 5.97 Å². The Morgan fingerprint density at radius 2 is 2.25 bits per heavy atom. The highest BCUT2D eigenvalue weighted by atomic mass is 19.1. The molecule has 2 rings (SSSR count). The lowest BCUT2D eigenvalue weighted by molar-refractivity contribution is 0.0519. The normalized spacial score (nSPS) is 10.6. The Bertz CT molecular complexity index is 637. The van der Waals surface area contributed by atoms with Crippen LogP contribution in [-0.2, 0) is 11.3 Å². The third kappa shape index (κ3) is 2.96. The van der Waals surface area contributed by atoms with E-state index in [1.54, 1.807) is 13.0 Å². The lowest BCUT2D eigenvalue weighted by Crippen LogP contribution is -2.09. The van der Waals surface area contributed by atoms with Crippen molar-refractivity contribution in [3.63, 3.8) is 0 Å². The van der Waals surface area contributed by atoms with Crippen molar-refractivity contribution >= 4 is 11.7 Å². The standard InChI is InChI=1S/C14H16FN3O2/c1-3-20-14(19)13-12(16)8-18(17-13)7-10-6-11(15)5-4-9(10)2/h4-6,8H,3,7,16H2,1-2H3. The van der Waals surface area contributed by atoms with Crippen LogP contribution in [0.15, 0.2) is 24.4 Å². The SMILES string of the molecule is CCOC(=O)c1nn(Cc2cc(F)ccc2C)cc1N. The molecule has 20 heavy (non-hydrogen) atoms. The van der Waals surface area contributed by atoms with Crippen molar-refractivity contribution in [1.82, 2.24) is 9.78 Å². The summed E-state index contributed by atoms with van der Waals surface area (Å²) in [5.74, 6) is -0.865. The van der Waals surface area contributed by atoms with Gasteiger partial charge in [0.2, 0.25) is 0 Å². The van der Waals surface area contributed by atoms with Gasteiger partial charge in [0, 0.05) is 6.20 Å². The summed E-state index contributed by atoms with van der Waals surface area (Å²) in [7, 11) is 0. The molecule has 2 N–H and O–H groups in total. The van der Waals surface area contributed by atoms with Gasteiger partial charge in [0.1, 0.15) is 5.82 Å². The summed E-state index contributed by atoms with van der Waals surface area (Å²) in [6.07, 6.45) is 1.54. The van der Waals surface area contributed by atoms with Gasteiger partial charge in [-0.25, -0.2) is 9.18 Å². The molecule has 1 heterocycles. The quantitative estimate of drug-likeness (QED) is 0.869. The zero-order valence-corrected chi connectivity index (χ0v) is 11.4. The number of benzene rings is 1. The van der Waals surface area contributed by atoms with E-state index in [4.69, 9.17) is 10.5 Å². The van der Waals surface area contributed by atoms with Crippen LogP contribution in [-0.4, -0.2) is 22.4 Å². The minimum atomic E-state index is -0.556. The average Bonchev–Trinajstić information content (AvgIpc) is 2.75. The summed E-state index contributed by atoms with van der Waals surface area (Å²) in [4.78, 5) is 11.6. The minimum Gasteiger partial charge on any atom is -0.461 e. The Hall–Kier alpha value is -2.37. The average molecular weight is 277 g/mol. The van der Waals surface area contributed by atoms with E-state index in [0.717, 1.165) is 11.1 Å². The number of hydrogen-bond acceptors (Lipinski definition) is 4. The number of halogens is 1. The molecule has 5 nitrogen and oxygen atoms in total. The number of rotatable bonds is 4. The van der Waals surface area contributed by atoms with Crippen molar-refractivity contribution < 1.29 is 13.9 Å². The first-order valence-electron chi connectivity index (χ1n) is 6.26. The molecule has 1 aromatic heterocycles. The Morgan fingerprint density at radius 3 is 2.95 bits per heavy atom. The van der Waals surface area contributed by atoms with Gasteiger partial charge in [-0.3, -0.25) is 4.68 Å². The van der Waals surface area contributed by atoms with E-state index in [0.29, 0.717) is 6.54 Å². The second-order valence-corrected chi connectivity index (χ2v) is 4.42. The van der Waals surface area contributed by atoms with Gasteiger partial charge in [-0.2, -0.15) is 5.10 Å². The van der Waals surface area contributed by atoms with E-state index in [1.165, 1.54) is 23.0 Å². The van der Waals surface area contributed by atoms with E-state index in [9.17, 15) is 9.18 Å². The predicted molar refractivity (Wildman–Crippen MR) is 72.8 cm³/mol. The van der Waals surface area contributed by atoms with Crippen LogP contribution in [0.25, 0.3) is 0 Å². The van der Waals surface area contributed by atoms with Crippen molar-refractivity contribution in [2.24, 2.45) is 0 Å². The number of anilines is 1. The van der Waals surface area contributed by atoms with Crippen LogP contribution < -0.4 is 5.73 Å². The molecule has 6 heteroatoms. The van der Waals surface area contributed by atoms with Gasteiger partial charge < -0.3 is 10.5 Å². The predicted octanol–water partition coefficient (Wildman–Crippen LogP) is 2.14. The Morgan fingerprint density at radius 1 is 1.50 bits per heavy atom.